The van der Waals surface area contributed by atoms with E-state index in [4.69, 9.17) is 0 Å². The Morgan fingerprint density at radius 1 is 1.21 bits per heavy atom. The van der Waals surface area contributed by atoms with E-state index in [1.165, 1.54) is 0 Å². The van der Waals surface area contributed by atoms with E-state index in [0.29, 0.717) is 22.3 Å². The summed E-state index contributed by atoms with van der Waals surface area (Å²) in [6.45, 7) is 0. The van der Waals surface area contributed by atoms with Gasteiger partial charge in [-0.15, -0.1) is 0 Å². The molecule has 19 heavy (non-hydrogen) atoms. The summed E-state index contributed by atoms with van der Waals surface area (Å²) in [6.07, 6.45) is 4.36. The highest BCUT2D eigenvalue weighted by Crippen LogP contribution is 2.26. The number of benzene rings is 1. The first-order valence-electron chi connectivity index (χ1n) is 6.26. The summed E-state index contributed by atoms with van der Waals surface area (Å²) >= 11 is 0.491. The molecule has 0 saturated heterocycles. The van der Waals surface area contributed by atoms with E-state index in [0.717, 1.165) is 25.7 Å². The number of hydrogen-bond acceptors (Lipinski definition) is 2. The molecule has 0 spiro atoms. The average molecular weight is 286 g/mol. The fourth-order valence-electron chi connectivity index (χ4n) is 2.14. The summed E-state index contributed by atoms with van der Waals surface area (Å²) in [4.78, 5) is 12.2. The fraction of sp³-hybridized carbons (Fsp3) is 0.462. The first-order chi connectivity index (χ1) is 9.13. The molecule has 1 aliphatic carbocycles. The first-order valence-corrected chi connectivity index (χ1v) is 7.14. The number of halogens is 2. The van der Waals surface area contributed by atoms with Gasteiger partial charge in [0.1, 0.15) is 0 Å². The molecule has 1 saturated carbocycles. The second-order valence-corrected chi connectivity index (χ2v) is 5.55. The van der Waals surface area contributed by atoms with Crippen molar-refractivity contribution in [1.29, 1.82) is 0 Å². The number of anilines is 1. The Bertz CT molecular complexity index is 419. The van der Waals surface area contributed by atoms with Crippen LogP contribution in [0, 0.1) is 0 Å². The van der Waals surface area contributed by atoms with Gasteiger partial charge in [0.2, 0.25) is 0 Å². The van der Waals surface area contributed by atoms with E-state index in [-0.39, 0.29) is 12.1 Å². The molecule has 3 nitrogen and oxygen atoms in total. The number of hydrogen-bond donors (Lipinski definition) is 2. The maximum atomic E-state index is 12.1. The molecule has 1 aromatic rings. The van der Waals surface area contributed by atoms with Crippen LogP contribution in [0.15, 0.2) is 29.2 Å². The van der Waals surface area contributed by atoms with E-state index in [1.807, 2.05) is 0 Å². The Morgan fingerprint density at radius 2 is 1.84 bits per heavy atom. The van der Waals surface area contributed by atoms with Gasteiger partial charge >= 0.3 is 6.03 Å². The van der Waals surface area contributed by atoms with Crippen LogP contribution in [0.25, 0.3) is 0 Å². The zero-order valence-corrected chi connectivity index (χ0v) is 11.2. The lowest BCUT2D eigenvalue weighted by atomic mass is 10.2. The Labute approximate surface area is 115 Å². The smallest absolute Gasteiger partial charge is 0.319 e. The summed E-state index contributed by atoms with van der Waals surface area (Å²) in [5.74, 6) is -2.43. The second-order valence-electron chi connectivity index (χ2n) is 4.48. The number of thioether (sulfide) groups is 1. The van der Waals surface area contributed by atoms with Crippen LogP contribution in [0.2, 0.25) is 0 Å². The lowest BCUT2D eigenvalue weighted by Crippen LogP contribution is -2.36. The molecule has 2 rings (SSSR count). The van der Waals surface area contributed by atoms with Crippen LogP contribution < -0.4 is 10.6 Å². The quantitative estimate of drug-likeness (QED) is 0.819. The lowest BCUT2D eigenvalue weighted by Gasteiger charge is -2.13. The molecular formula is C13H16F2N2OS. The van der Waals surface area contributed by atoms with Crippen molar-refractivity contribution in [2.24, 2.45) is 0 Å². The molecule has 6 heteroatoms. The SMILES string of the molecule is O=C(Nc1ccc(SC(F)F)cc1)NC1CCCC1. The highest BCUT2D eigenvalue weighted by molar-refractivity contribution is 7.99. The van der Waals surface area contributed by atoms with Crippen LogP contribution in [-0.2, 0) is 0 Å². The third kappa shape index (κ3) is 4.70. The third-order valence-corrected chi connectivity index (χ3v) is 3.75. The van der Waals surface area contributed by atoms with Crippen molar-refractivity contribution in [2.75, 3.05) is 5.32 Å². The summed E-state index contributed by atoms with van der Waals surface area (Å²) in [7, 11) is 0. The molecule has 0 radical (unpaired) electrons. The summed E-state index contributed by atoms with van der Waals surface area (Å²) in [6, 6.07) is 6.41. The molecule has 1 fully saturated rings. The van der Waals surface area contributed by atoms with Gasteiger partial charge in [-0.2, -0.15) is 8.78 Å². The predicted molar refractivity (Wildman–Crippen MR) is 72.7 cm³/mol. The Hall–Kier alpha value is -1.30. The number of rotatable bonds is 4. The number of alkyl halides is 2. The van der Waals surface area contributed by atoms with Crippen LogP contribution in [0.5, 0.6) is 0 Å². The predicted octanol–water partition coefficient (Wildman–Crippen LogP) is 4.07. The van der Waals surface area contributed by atoms with E-state index in [1.54, 1.807) is 24.3 Å². The Kier molecular flexibility index (Phi) is 5.01. The lowest BCUT2D eigenvalue weighted by molar-refractivity contribution is 0.248. The van der Waals surface area contributed by atoms with E-state index < -0.39 is 5.76 Å². The van der Waals surface area contributed by atoms with Crippen molar-refractivity contribution in [3.05, 3.63) is 24.3 Å². The van der Waals surface area contributed by atoms with Crippen molar-refractivity contribution in [3.63, 3.8) is 0 Å². The van der Waals surface area contributed by atoms with Crippen LogP contribution >= 0.6 is 11.8 Å². The standard InChI is InChI=1S/C13H16F2N2OS/c14-12(15)19-11-7-5-10(6-8-11)17-13(18)16-9-3-1-2-4-9/h5-9,12H,1-4H2,(H2,16,17,18). The van der Waals surface area contributed by atoms with Gasteiger partial charge in [-0.25, -0.2) is 4.79 Å². The maximum Gasteiger partial charge on any atom is 0.319 e. The summed E-state index contributed by atoms with van der Waals surface area (Å²) < 4.78 is 24.3. The molecule has 0 aliphatic heterocycles. The molecule has 104 valence electrons. The van der Waals surface area contributed by atoms with Crippen molar-refractivity contribution >= 4 is 23.5 Å². The zero-order chi connectivity index (χ0) is 13.7. The highest BCUT2D eigenvalue weighted by atomic mass is 32.2. The van der Waals surface area contributed by atoms with Crippen molar-refractivity contribution < 1.29 is 13.6 Å². The average Bonchev–Trinajstić information content (AvgIpc) is 2.83. The van der Waals surface area contributed by atoms with Crippen LogP contribution in [0.1, 0.15) is 25.7 Å². The fourth-order valence-corrected chi connectivity index (χ4v) is 2.64. The number of nitrogens with one attached hydrogen (secondary N) is 2. The summed E-state index contributed by atoms with van der Waals surface area (Å²) in [5, 5.41) is 5.60. The van der Waals surface area contributed by atoms with Gasteiger partial charge in [0.25, 0.3) is 5.76 Å². The molecule has 0 heterocycles. The van der Waals surface area contributed by atoms with Crippen LogP contribution in [-0.4, -0.2) is 17.8 Å². The largest absolute Gasteiger partial charge is 0.335 e. The number of urea groups is 1. The molecule has 0 atom stereocenters. The van der Waals surface area contributed by atoms with Gasteiger partial charge in [-0.3, -0.25) is 0 Å². The Balaban J connectivity index is 1.82. The molecule has 0 unspecified atom stereocenters. The number of carbonyl (C=O) groups excluding carboxylic acids is 1. The van der Waals surface area contributed by atoms with Gasteiger partial charge in [-0.05, 0) is 37.1 Å². The minimum absolute atomic E-state index is 0.235. The number of carbonyl (C=O) groups is 1. The van der Waals surface area contributed by atoms with E-state index in [9.17, 15) is 13.6 Å². The first kappa shape index (κ1) is 14.1. The molecule has 0 bridgehead atoms. The van der Waals surface area contributed by atoms with Gasteiger partial charge in [-0.1, -0.05) is 24.6 Å². The van der Waals surface area contributed by atoms with Crippen LogP contribution in [0.3, 0.4) is 0 Å². The normalized spacial score (nSPS) is 15.7. The van der Waals surface area contributed by atoms with Crippen molar-refractivity contribution in [3.8, 4) is 0 Å². The van der Waals surface area contributed by atoms with E-state index in [2.05, 4.69) is 10.6 Å². The Morgan fingerprint density at radius 3 is 2.42 bits per heavy atom. The van der Waals surface area contributed by atoms with Crippen LogP contribution in [0.4, 0.5) is 19.3 Å². The number of amides is 2. The van der Waals surface area contributed by atoms with Gasteiger partial charge in [0.05, 0.1) is 0 Å². The minimum Gasteiger partial charge on any atom is -0.335 e. The molecule has 1 aliphatic rings. The second kappa shape index (κ2) is 6.75. The van der Waals surface area contributed by atoms with Crippen molar-refractivity contribution in [1.82, 2.24) is 5.32 Å². The molecule has 1 aromatic carbocycles. The summed E-state index contributed by atoms with van der Waals surface area (Å²) in [5.41, 5.74) is 0.606. The van der Waals surface area contributed by atoms with Gasteiger partial charge in [0.15, 0.2) is 0 Å². The topological polar surface area (TPSA) is 41.1 Å². The minimum atomic E-state index is -2.43. The van der Waals surface area contributed by atoms with Crippen molar-refractivity contribution in [2.45, 2.75) is 42.4 Å². The monoisotopic (exact) mass is 286 g/mol. The molecule has 2 N–H and O–H groups in total. The van der Waals surface area contributed by atoms with Gasteiger partial charge in [0, 0.05) is 16.6 Å². The highest BCUT2D eigenvalue weighted by Gasteiger charge is 2.16. The maximum absolute atomic E-state index is 12.1. The molecule has 2 amide bonds. The molecular weight excluding hydrogens is 270 g/mol. The van der Waals surface area contributed by atoms with Gasteiger partial charge < -0.3 is 10.6 Å². The third-order valence-electron chi connectivity index (χ3n) is 3.03. The molecule has 0 aromatic heterocycles. The van der Waals surface area contributed by atoms with E-state index >= 15 is 0 Å². The zero-order valence-electron chi connectivity index (χ0n) is 10.4.